The molecule has 1 fully saturated rings. The molecule has 0 bridgehead atoms. The second kappa shape index (κ2) is 8.08. The molecule has 1 aromatic carbocycles. The van der Waals surface area contributed by atoms with Crippen LogP contribution in [0.15, 0.2) is 18.2 Å². The second-order valence-corrected chi connectivity index (χ2v) is 8.27. The zero-order valence-electron chi connectivity index (χ0n) is 15.3. The molecule has 0 N–H and O–H groups in total. The van der Waals surface area contributed by atoms with Gasteiger partial charge in [0, 0.05) is 18.5 Å². The van der Waals surface area contributed by atoms with Gasteiger partial charge in [-0.25, -0.2) is 0 Å². The molecule has 0 radical (unpaired) electrons. The van der Waals surface area contributed by atoms with E-state index in [1.54, 1.807) is 12.1 Å². The largest absolute Gasteiger partial charge is 0.493 e. The van der Waals surface area contributed by atoms with E-state index in [0.29, 0.717) is 12.3 Å². The number of carbonyl (C=O) groups excluding carboxylic acids is 1. The molecule has 0 spiro atoms. The number of ether oxygens (including phenoxy) is 1. The fourth-order valence-corrected chi connectivity index (χ4v) is 3.03. The summed E-state index contributed by atoms with van der Waals surface area (Å²) in [6, 6.07) is 5.27. The molecule has 0 heterocycles. The first-order valence-corrected chi connectivity index (χ1v) is 10.3. The van der Waals surface area contributed by atoms with Gasteiger partial charge in [0.05, 0.1) is 12.9 Å². The monoisotopic (exact) mass is 369 g/mol. The van der Waals surface area contributed by atoms with Crippen molar-refractivity contribution in [2.24, 2.45) is 5.92 Å². The highest BCUT2D eigenvalue weighted by Gasteiger charge is 2.35. The van der Waals surface area contributed by atoms with Crippen molar-refractivity contribution in [2.45, 2.75) is 52.6 Å². The summed E-state index contributed by atoms with van der Waals surface area (Å²) in [7, 11) is -2.19. The van der Waals surface area contributed by atoms with Gasteiger partial charge in [0.15, 0.2) is 11.5 Å². The third-order valence-electron chi connectivity index (χ3n) is 4.48. The van der Waals surface area contributed by atoms with Crippen LogP contribution in [-0.4, -0.2) is 38.1 Å². The van der Waals surface area contributed by atoms with E-state index in [-0.39, 0.29) is 29.4 Å². The Balaban J connectivity index is 2.26. The van der Waals surface area contributed by atoms with Crippen LogP contribution in [0.2, 0.25) is 0 Å². The number of benzene rings is 1. The summed E-state index contributed by atoms with van der Waals surface area (Å²) >= 11 is 0. The Kier molecular flexibility index (Phi) is 6.32. The van der Waals surface area contributed by atoms with E-state index in [1.807, 2.05) is 24.8 Å². The normalized spacial score (nSPS) is 15.5. The van der Waals surface area contributed by atoms with Gasteiger partial charge in [-0.1, -0.05) is 13.0 Å². The molecule has 25 heavy (non-hydrogen) atoms. The smallest absolute Gasteiger partial charge is 0.309 e. The summed E-state index contributed by atoms with van der Waals surface area (Å²) in [5.74, 6) is 0.700. The fourth-order valence-electron chi connectivity index (χ4n) is 2.51. The minimum Gasteiger partial charge on any atom is -0.493 e. The molecule has 2 rings (SSSR count). The number of nitrogens with zero attached hydrogens (tertiary/aromatic N) is 1. The first-order chi connectivity index (χ1) is 11.8. The van der Waals surface area contributed by atoms with Crippen LogP contribution < -0.4 is 8.92 Å². The van der Waals surface area contributed by atoms with Crippen LogP contribution in [0, 0.1) is 5.92 Å². The molecule has 1 saturated carbocycles. The lowest BCUT2D eigenvalue weighted by Gasteiger charge is -2.29. The van der Waals surface area contributed by atoms with E-state index < -0.39 is 10.1 Å². The molecule has 0 unspecified atom stereocenters. The van der Waals surface area contributed by atoms with Crippen molar-refractivity contribution in [1.29, 1.82) is 0 Å². The zero-order valence-corrected chi connectivity index (χ0v) is 16.1. The van der Waals surface area contributed by atoms with Crippen LogP contribution in [0.4, 0.5) is 0 Å². The molecule has 6 nitrogen and oxygen atoms in total. The summed E-state index contributed by atoms with van der Waals surface area (Å²) in [6.07, 6.45) is 2.77. The van der Waals surface area contributed by atoms with Crippen LogP contribution in [-0.2, 0) is 21.5 Å². The lowest BCUT2D eigenvalue weighted by Crippen LogP contribution is -2.38. The quantitative estimate of drug-likeness (QED) is 0.626. The van der Waals surface area contributed by atoms with Gasteiger partial charge in [0.1, 0.15) is 0 Å². The van der Waals surface area contributed by atoms with Crippen LogP contribution in [0.5, 0.6) is 11.5 Å². The molecule has 7 heteroatoms. The molecule has 140 valence electrons. The third-order valence-corrected chi connectivity index (χ3v) is 5.62. The number of methoxy groups -OCH3 is 1. The van der Waals surface area contributed by atoms with Crippen LogP contribution in [0.1, 0.15) is 45.6 Å². The Labute approximate surface area is 150 Å². The van der Waals surface area contributed by atoms with Gasteiger partial charge in [-0.15, -0.1) is 0 Å². The predicted molar refractivity (Wildman–Crippen MR) is 96.1 cm³/mol. The molecular formula is C18H27NO5S. The van der Waals surface area contributed by atoms with Crippen LogP contribution >= 0.6 is 0 Å². The number of rotatable bonds is 9. The van der Waals surface area contributed by atoms with Gasteiger partial charge >= 0.3 is 10.1 Å². The highest BCUT2D eigenvalue weighted by Crippen LogP contribution is 2.34. The lowest BCUT2D eigenvalue weighted by atomic mass is 10.1. The lowest BCUT2D eigenvalue weighted by molar-refractivity contribution is -0.135. The molecule has 0 aromatic heterocycles. The van der Waals surface area contributed by atoms with Crippen molar-refractivity contribution >= 4 is 16.0 Å². The standard InChI is InChI=1S/C18H27NO5S/c1-5-13(3)19(18(20)15-8-9-15)12-14-7-10-16(23-4)17(11-14)24-25(21,22)6-2/h7,10-11,13,15H,5-6,8-9,12H2,1-4H3/t13-/m0/s1. The van der Waals surface area contributed by atoms with Gasteiger partial charge in [-0.05, 0) is 50.8 Å². The Bertz CT molecular complexity index is 712. The van der Waals surface area contributed by atoms with Gasteiger partial charge in [-0.2, -0.15) is 8.42 Å². The molecule has 1 aliphatic carbocycles. The van der Waals surface area contributed by atoms with Gasteiger partial charge in [0.2, 0.25) is 5.91 Å². The number of carbonyl (C=O) groups is 1. The predicted octanol–water partition coefficient (Wildman–Crippen LogP) is 2.96. The van der Waals surface area contributed by atoms with E-state index in [1.165, 1.54) is 14.0 Å². The van der Waals surface area contributed by atoms with Crippen LogP contribution in [0.25, 0.3) is 0 Å². The second-order valence-electron chi connectivity index (χ2n) is 6.41. The topological polar surface area (TPSA) is 72.9 Å². The average molecular weight is 369 g/mol. The molecular weight excluding hydrogens is 342 g/mol. The minimum absolute atomic E-state index is 0.124. The average Bonchev–Trinajstić information content (AvgIpc) is 3.43. The summed E-state index contributed by atoms with van der Waals surface area (Å²) in [4.78, 5) is 14.4. The van der Waals surface area contributed by atoms with E-state index in [4.69, 9.17) is 8.92 Å². The Morgan fingerprint density at radius 1 is 1.28 bits per heavy atom. The Morgan fingerprint density at radius 2 is 1.96 bits per heavy atom. The summed E-state index contributed by atoms with van der Waals surface area (Å²) in [5.41, 5.74) is 0.816. The maximum absolute atomic E-state index is 12.6. The maximum Gasteiger partial charge on any atom is 0.309 e. The third kappa shape index (κ3) is 5.11. The summed E-state index contributed by atoms with van der Waals surface area (Å²) in [5, 5.41) is 0. The van der Waals surface area contributed by atoms with E-state index in [9.17, 15) is 13.2 Å². The summed E-state index contributed by atoms with van der Waals surface area (Å²) < 4.78 is 33.9. The van der Waals surface area contributed by atoms with Crippen molar-refractivity contribution in [3.63, 3.8) is 0 Å². The minimum atomic E-state index is -3.65. The van der Waals surface area contributed by atoms with Crippen LogP contribution in [0.3, 0.4) is 0 Å². The zero-order chi connectivity index (χ0) is 18.6. The molecule has 1 aromatic rings. The van der Waals surface area contributed by atoms with Crippen molar-refractivity contribution < 1.29 is 22.1 Å². The van der Waals surface area contributed by atoms with Gasteiger partial charge in [0.25, 0.3) is 0 Å². The van der Waals surface area contributed by atoms with E-state index in [2.05, 4.69) is 0 Å². The number of hydrogen-bond donors (Lipinski definition) is 0. The fraction of sp³-hybridized carbons (Fsp3) is 0.611. The highest BCUT2D eigenvalue weighted by atomic mass is 32.2. The highest BCUT2D eigenvalue weighted by molar-refractivity contribution is 7.87. The number of hydrogen-bond acceptors (Lipinski definition) is 5. The summed E-state index contributed by atoms with van der Waals surface area (Å²) in [6.45, 7) is 6.03. The molecule has 0 saturated heterocycles. The van der Waals surface area contributed by atoms with Crippen molar-refractivity contribution in [3.8, 4) is 11.5 Å². The first-order valence-electron chi connectivity index (χ1n) is 8.70. The first kappa shape index (κ1) is 19.6. The number of amides is 1. The van der Waals surface area contributed by atoms with Crippen molar-refractivity contribution in [3.05, 3.63) is 23.8 Å². The van der Waals surface area contributed by atoms with E-state index in [0.717, 1.165) is 24.8 Å². The van der Waals surface area contributed by atoms with Gasteiger partial charge < -0.3 is 13.8 Å². The van der Waals surface area contributed by atoms with Crippen molar-refractivity contribution in [2.75, 3.05) is 12.9 Å². The van der Waals surface area contributed by atoms with Gasteiger partial charge in [-0.3, -0.25) is 4.79 Å². The molecule has 1 amide bonds. The maximum atomic E-state index is 12.6. The molecule has 0 aliphatic heterocycles. The molecule has 1 aliphatic rings. The molecule has 1 atom stereocenters. The Morgan fingerprint density at radius 3 is 2.48 bits per heavy atom. The van der Waals surface area contributed by atoms with E-state index >= 15 is 0 Å². The van der Waals surface area contributed by atoms with Crippen molar-refractivity contribution in [1.82, 2.24) is 4.90 Å². The Hall–Kier alpha value is -1.76. The SMILES string of the molecule is CC[C@H](C)N(Cc1ccc(OC)c(OS(=O)(=O)CC)c1)C(=O)C1CC1.